The molecule has 2 amide bonds. The molecule has 0 aliphatic heterocycles. The maximum Gasteiger partial charge on any atom is 0.573 e. The highest BCUT2D eigenvalue weighted by molar-refractivity contribution is 6.09. The van der Waals surface area contributed by atoms with Crippen LogP contribution in [0.4, 0.5) is 28.0 Å². The Balaban J connectivity index is 1.65. The van der Waals surface area contributed by atoms with Gasteiger partial charge in [0.15, 0.2) is 0 Å². The van der Waals surface area contributed by atoms with Gasteiger partial charge in [-0.1, -0.05) is 0 Å². The number of halogens is 4. The minimum Gasteiger partial charge on any atom is -0.406 e. The van der Waals surface area contributed by atoms with E-state index in [0.717, 1.165) is 23.3 Å². The van der Waals surface area contributed by atoms with Crippen LogP contribution in [-0.4, -0.2) is 31.2 Å². The Morgan fingerprint density at radius 3 is 2.54 bits per heavy atom. The highest BCUT2D eigenvalue weighted by Crippen LogP contribution is 2.25. The number of carbonyl (C=O) groups excluding carboxylic acids is 1. The number of hydrazone groups is 1. The number of amides is 2. The number of rotatable bonds is 4. The van der Waals surface area contributed by atoms with E-state index in [2.05, 4.69) is 25.9 Å². The van der Waals surface area contributed by atoms with Crippen LogP contribution < -0.4 is 20.8 Å². The molecule has 28 heavy (non-hydrogen) atoms. The van der Waals surface area contributed by atoms with Gasteiger partial charge in [-0.05, 0) is 61.5 Å². The highest BCUT2D eigenvalue weighted by atomic mass is 19.4. The molecule has 2 aromatic carbocycles. The Morgan fingerprint density at radius 1 is 1.18 bits per heavy atom. The van der Waals surface area contributed by atoms with Gasteiger partial charge >= 0.3 is 12.4 Å². The van der Waals surface area contributed by atoms with Crippen LogP contribution in [0.5, 0.6) is 5.75 Å². The van der Waals surface area contributed by atoms with Gasteiger partial charge < -0.3 is 15.4 Å². The van der Waals surface area contributed by atoms with Crippen molar-refractivity contribution in [3.8, 4) is 5.75 Å². The minimum absolute atomic E-state index is 0.184. The molecule has 0 spiro atoms. The fourth-order valence-corrected chi connectivity index (χ4v) is 2.87. The van der Waals surface area contributed by atoms with Crippen molar-refractivity contribution < 1.29 is 27.1 Å². The Bertz CT molecular complexity index is 897. The molecule has 6 nitrogen and oxygen atoms in total. The van der Waals surface area contributed by atoms with Gasteiger partial charge in [-0.2, -0.15) is 5.10 Å². The second kappa shape index (κ2) is 7.85. The average Bonchev–Trinajstić information content (AvgIpc) is 2.97. The largest absolute Gasteiger partial charge is 0.573 e. The van der Waals surface area contributed by atoms with E-state index >= 15 is 0 Å². The summed E-state index contributed by atoms with van der Waals surface area (Å²) >= 11 is 0. The molecule has 3 N–H and O–H groups in total. The number of anilines is 1. The normalized spacial score (nSPS) is 17.3. The summed E-state index contributed by atoms with van der Waals surface area (Å²) in [6.45, 7) is 0. The van der Waals surface area contributed by atoms with E-state index < -0.39 is 18.1 Å². The molecular formula is C18H16F4N4O2. The van der Waals surface area contributed by atoms with Gasteiger partial charge in [0.05, 0.1) is 11.8 Å². The lowest BCUT2D eigenvalue weighted by Crippen LogP contribution is -2.34. The number of likely N-dealkylation sites (N-methyl/N-ethyl adjacent to an activating group) is 1. The SMILES string of the molecule is CNC1Cc2cc(F)ccc2/C1=N\NC(=O)Nc1ccc(OC(F)(F)F)cc1. The summed E-state index contributed by atoms with van der Waals surface area (Å²) in [5.41, 5.74) is 4.66. The zero-order valence-electron chi connectivity index (χ0n) is 14.6. The van der Waals surface area contributed by atoms with Crippen molar-refractivity contribution in [2.75, 3.05) is 12.4 Å². The number of ether oxygens (including phenoxy) is 1. The molecule has 1 aliphatic rings. The van der Waals surface area contributed by atoms with E-state index in [1.807, 2.05) is 0 Å². The van der Waals surface area contributed by atoms with E-state index in [9.17, 15) is 22.4 Å². The molecule has 0 saturated heterocycles. The molecular weight excluding hydrogens is 380 g/mol. The lowest BCUT2D eigenvalue weighted by atomic mass is 10.1. The first kappa shape index (κ1) is 19.6. The van der Waals surface area contributed by atoms with Crippen LogP contribution in [0, 0.1) is 5.82 Å². The first-order valence-corrected chi connectivity index (χ1v) is 8.21. The van der Waals surface area contributed by atoms with Crippen molar-refractivity contribution >= 4 is 17.4 Å². The predicted octanol–water partition coefficient (Wildman–Crippen LogP) is 3.39. The van der Waals surface area contributed by atoms with Crippen LogP contribution in [0.2, 0.25) is 0 Å². The maximum absolute atomic E-state index is 13.4. The van der Waals surface area contributed by atoms with Gasteiger partial charge in [0.1, 0.15) is 11.6 Å². The number of alkyl halides is 3. The van der Waals surface area contributed by atoms with Crippen molar-refractivity contribution in [1.82, 2.24) is 10.7 Å². The second-order valence-corrected chi connectivity index (χ2v) is 5.98. The third-order valence-electron chi connectivity index (χ3n) is 4.07. The van der Waals surface area contributed by atoms with Crippen molar-refractivity contribution in [2.45, 2.75) is 18.8 Å². The Labute approximate surface area is 157 Å². The molecule has 148 valence electrons. The Morgan fingerprint density at radius 2 is 1.89 bits per heavy atom. The Hall–Kier alpha value is -3.14. The number of carbonyl (C=O) groups is 1. The molecule has 3 rings (SSSR count). The average molecular weight is 396 g/mol. The van der Waals surface area contributed by atoms with Gasteiger partial charge in [-0.3, -0.25) is 0 Å². The lowest BCUT2D eigenvalue weighted by molar-refractivity contribution is -0.274. The van der Waals surface area contributed by atoms with Crippen LogP contribution in [0.25, 0.3) is 0 Å². The number of nitrogens with zero attached hydrogens (tertiary/aromatic N) is 1. The summed E-state index contributed by atoms with van der Waals surface area (Å²) in [6, 6.07) is 8.15. The zero-order valence-corrected chi connectivity index (χ0v) is 14.6. The molecule has 0 saturated carbocycles. The molecule has 10 heteroatoms. The maximum atomic E-state index is 13.4. The molecule has 0 fully saturated rings. The first-order chi connectivity index (χ1) is 13.2. The van der Waals surface area contributed by atoms with Crippen molar-refractivity contribution in [2.24, 2.45) is 5.10 Å². The van der Waals surface area contributed by atoms with E-state index in [-0.39, 0.29) is 17.5 Å². The van der Waals surface area contributed by atoms with E-state index in [0.29, 0.717) is 12.1 Å². The molecule has 2 aromatic rings. The highest BCUT2D eigenvalue weighted by Gasteiger charge is 2.31. The summed E-state index contributed by atoms with van der Waals surface area (Å²) in [5.74, 6) is -0.746. The monoisotopic (exact) mass is 396 g/mol. The van der Waals surface area contributed by atoms with Gasteiger partial charge in [0, 0.05) is 11.3 Å². The fraction of sp³-hybridized carbons (Fsp3) is 0.222. The molecule has 1 aliphatic carbocycles. The smallest absolute Gasteiger partial charge is 0.406 e. The van der Waals surface area contributed by atoms with E-state index in [1.165, 1.54) is 24.3 Å². The molecule has 0 heterocycles. The molecule has 1 atom stereocenters. The molecule has 0 aromatic heterocycles. The summed E-state index contributed by atoms with van der Waals surface area (Å²) in [4.78, 5) is 12.0. The van der Waals surface area contributed by atoms with Crippen molar-refractivity contribution in [3.63, 3.8) is 0 Å². The number of urea groups is 1. The standard InChI is InChI=1S/C18H16F4N4O2/c1-23-15-9-10-8-11(19)2-7-14(10)16(15)25-26-17(27)24-12-3-5-13(6-4-12)28-18(20,21)22/h2-8,15,23H,9H2,1H3,(H2,24,26,27)/b25-16+. The van der Waals surface area contributed by atoms with Crippen LogP contribution in [0.3, 0.4) is 0 Å². The van der Waals surface area contributed by atoms with Crippen LogP contribution in [0.15, 0.2) is 47.6 Å². The summed E-state index contributed by atoms with van der Waals surface area (Å²) in [7, 11) is 1.73. The summed E-state index contributed by atoms with van der Waals surface area (Å²) in [6.07, 6.45) is -4.25. The van der Waals surface area contributed by atoms with Crippen molar-refractivity contribution in [1.29, 1.82) is 0 Å². The van der Waals surface area contributed by atoms with Crippen LogP contribution in [-0.2, 0) is 6.42 Å². The number of benzene rings is 2. The van der Waals surface area contributed by atoms with Gasteiger partial charge in [-0.15, -0.1) is 13.2 Å². The number of nitrogens with one attached hydrogen (secondary N) is 3. The topological polar surface area (TPSA) is 74.8 Å². The van der Waals surface area contributed by atoms with Crippen molar-refractivity contribution in [3.05, 3.63) is 59.4 Å². The lowest BCUT2D eigenvalue weighted by Gasteiger charge is -2.11. The van der Waals surface area contributed by atoms with E-state index in [4.69, 9.17) is 0 Å². The number of hydrogen-bond acceptors (Lipinski definition) is 4. The quantitative estimate of drug-likeness (QED) is 0.548. The van der Waals surface area contributed by atoms with E-state index in [1.54, 1.807) is 13.1 Å². The summed E-state index contributed by atoms with van der Waals surface area (Å²) < 4.78 is 53.6. The molecule has 1 unspecified atom stereocenters. The second-order valence-electron chi connectivity index (χ2n) is 5.98. The van der Waals surface area contributed by atoms with Crippen LogP contribution >= 0.6 is 0 Å². The molecule has 0 radical (unpaired) electrons. The van der Waals surface area contributed by atoms with Gasteiger partial charge in [0.25, 0.3) is 0 Å². The van der Waals surface area contributed by atoms with Crippen LogP contribution in [0.1, 0.15) is 11.1 Å². The number of fused-ring (bicyclic) bond motifs is 1. The Kier molecular flexibility index (Phi) is 5.50. The predicted molar refractivity (Wildman–Crippen MR) is 94.8 cm³/mol. The van der Waals surface area contributed by atoms with Gasteiger partial charge in [-0.25, -0.2) is 14.6 Å². The third kappa shape index (κ3) is 4.77. The number of hydrogen-bond donors (Lipinski definition) is 3. The fourth-order valence-electron chi connectivity index (χ4n) is 2.87. The zero-order chi connectivity index (χ0) is 20.3. The summed E-state index contributed by atoms with van der Waals surface area (Å²) in [5, 5.41) is 9.60. The van der Waals surface area contributed by atoms with Gasteiger partial charge in [0.2, 0.25) is 0 Å². The third-order valence-corrected chi connectivity index (χ3v) is 4.07. The minimum atomic E-state index is -4.78. The molecule has 0 bridgehead atoms. The first-order valence-electron chi connectivity index (χ1n) is 8.21.